The molecule has 15 nitrogen and oxygen atoms in total. The largest absolute Gasteiger partial charge is 0.494 e. The summed E-state index contributed by atoms with van der Waals surface area (Å²) in [5.74, 6) is -1.83. The number of piperidine rings is 1. The van der Waals surface area contributed by atoms with Crippen LogP contribution in [0.2, 0.25) is 5.02 Å². The molecule has 2 atom stereocenters. The van der Waals surface area contributed by atoms with Crippen molar-refractivity contribution >= 4 is 46.8 Å². The van der Waals surface area contributed by atoms with Crippen LogP contribution in [0.5, 0.6) is 11.5 Å². The molecule has 5 amide bonds. The molecule has 60 heavy (non-hydrogen) atoms. The van der Waals surface area contributed by atoms with Crippen molar-refractivity contribution in [3.05, 3.63) is 82.1 Å². The van der Waals surface area contributed by atoms with Gasteiger partial charge in [0.25, 0.3) is 23.6 Å². The number of benzene rings is 2. The van der Waals surface area contributed by atoms with Gasteiger partial charge in [0.1, 0.15) is 35.4 Å². The Morgan fingerprint density at radius 3 is 2.35 bits per heavy atom. The fraction of sp³-hybridized carbons (Fsp3) is 0.477. The fourth-order valence-electron chi connectivity index (χ4n) is 9.88. The lowest BCUT2D eigenvalue weighted by Gasteiger charge is -2.65. The Kier molecular flexibility index (Phi) is 11.9. The number of amides is 5. The number of pyridine rings is 1. The maximum Gasteiger partial charge on any atom is 0.267 e. The number of ether oxygens (including phenoxy) is 2. The van der Waals surface area contributed by atoms with Crippen molar-refractivity contribution in [1.29, 1.82) is 5.26 Å². The van der Waals surface area contributed by atoms with Gasteiger partial charge < -0.3 is 25.2 Å². The second-order valence-electron chi connectivity index (χ2n) is 17.1. The summed E-state index contributed by atoms with van der Waals surface area (Å²) in [6.45, 7) is 11.0. The minimum absolute atomic E-state index is 0.0137. The van der Waals surface area contributed by atoms with Crippen molar-refractivity contribution in [2.75, 3.05) is 44.3 Å². The zero-order chi connectivity index (χ0) is 43.1. The average Bonchev–Trinajstić information content (AvgIpc) is 3.47. The lowest BCUT2D eigenvalue weighted by Crippen LogP contribution is -2.77. The Balaban J connectivity index is 0.917. The standard InChI is InChI=1S/C44H50ClN7O8/c1-43(2)41(44(3,4)42(43)60-30-10-8-26(22-46)33(45)21-30)52-36(54)15-14-35(40(52)58)51-38(56)31-12-11-29(20-32(31)39(51)57)59-19-7-5-6-16-49-17-18-50(24-28(49)25-53)27-9-13-34(37(47)55)48-23-27/h8-13,20-21,23,28,35,41-42,53H,5-7,14-19,24-25H2,1-4H3,(H2,47,55)/t28-,35-,41?,42?/m0/s1. The number of hydrogen-bond donors (Lipinski definition) is 2. The van der Waals surface area contributed by atoms with E-state index in [4.69, 9.17) is 26.8 Å². The van der Waals surface area contributed by atoms with Crippen molar-refractivity contribution < 1.29 is 38.6 Å². The molecule has 0 spiro atoms. The van der Waals surface area contributed by atoms with Crippen LogP contribution in [0.3, 0.4) is 0 Å². The number of aromatic nitrogens is 1. The van der Waals surface area contributed by atoms with Gasteiger partial charge in [-0.2, -0.15) is 5.26 Å². The second-order valence-corrected chi connectivity index (χ2v) is 17.5. The first-order valence-corrected chi connectivity index (χ1v) is 20.7. The second kappa shape index (κ2) is 16.8. The van der Waals surface area contributed by atoms with E-state index >= 15 is 0 Å². The van der Waals surface area contributed by atoms with Crippen LogP contribution in [0.1, 0.15) is 96.6 Å². The number of anilines is 1. The van der Waals surface area contributed by atoms with E-state index in [0.717, 1.165) is 49.5 Å². The van der Waals surface area contributed by atoms with Crippen molar-refractivity contribution in [3.63, 3.8) is 0 Å². The van der Waals surface area contributed by atoms with Crippen molar-refractivity contribution in [1.82, 2.24) is 19.7 Å². The Labute approximate surface area is 353 Å². The van der Waals surface area contributed by atoms with E-state index in [2.05, 4.69) is 14.8 Å². The molecule has 1 aliphatic carbocycles. The fourth-order valence-corrected chi connectivity index (χ4v) is 10.1. The molecule has 1 aromatic heterocycles. The van der Waals surface area contributed by atoms with Gasteiger partial charge in [-0.1, -0.05) is 39.3 Å². The molecule has 0 unspecified atom stereocenters. The molecule has 0 bridgehead atoms. The highest BCUT2D eigenvalue weighted by Crippen LogP contribution is 2.58. The van der Waals surface area contributed by atoms with Crippen molar-refractivity contribution in [2.24, 2.45) is 16.6 Å². The predicted molar refractivity (Wildman–Crippen MR) is 221 cm³/mol. The number of halogens is 1. The summed E-state index contributed by atoms with van der Waals surface area (Å²) in [4.78, 5) is 77.6. The number of carbonyl (C=O) groups is 5. The SMILES string of the molecule is CC1(C)C(Oc2ccc(C#N)c(Cl)c2)C(C)(C)C1N1C(=O)CC[C@H](N2C(=O)c3ccc(OCCCCCN4CCN(c5ccc(C(N)=O)nc5)C[C@H]4CO)cc3C2=O)C1=O. The van der Waals surface area contributed by atoms with E-state index in [0.29, 0.717) is 30.2 Å². The third-order valence-electron chi connectivity index (χ3n) is 12.5. The number of hydrogen-bond acceptors (Lipinski definition) is 12. The third-order valence-corrected chi connectivity index (χ3v) is 12.8. The normalized spacial score (nSPS) is 23.6. The summed E-state index contributed by atoms with van der Waals surface area (Å²) in [6, 6.07) is 13.2. The quantitative estimate of drug-likeness (QED) is 0.171. The summed E-state index contributed by atoms with van der Waals surface area (Å²) in [5.41, 5.74) is 5.61. The average molecular weight is 840 g/mol. The zero-order valence-electron chi connectivity index (χ0n) is 34.2. The molecule has 3 aromatic rings. The van der Waals surface area contributed by atoms with Crippen LogP contribution < -0.4 is 20.1 Å². The van der Waals surface area contributed by atoms with Crippen LogP contribution >= 0.6 is 11.6 Å². The Morgan fingerprint density at radius 2 is 1.68 bits per heavy atom. The number of rotatable bonds is 14. The van der Waals surface area contributed by atoms with E-state index in [-0.39, 0.29) is 53.2 Å². The number of likely N-dealkylation sites (tertiary alicyclic amines) is 1. The lowest BCUT2D eigenvalue weighted by atomic mass is 9.48. The van der Waals surface area contributed by atoms with E-state index in [1.54, 1.807) is 48.7 Å². The molecule has 1 saturated carbocycles. The van der Waals surface area contributed by atoms with Crippen LogP contribution in [-0.2, 0) is 9.59 Å². The molecule has 3 fully saturated rings. The number of fused-ring (bicyclic) bond motifs is 1. The molecule has 4 aliphatic rings. The number of nitrogens with zero attached hydrogens (tertiary/aromatic N) is 6. The summed E-state index contributed by atoms with van der Waals surface area (Å²) in [5, 5.41) is 19.6. The van der Waals surface area contributed by atoms with E-state index in [1.807, 2.05) is 39.8 Å². The number of carbonyl (C=O) groups excluding carboxylic acids is 5. The van der Waals surface area contributed by atoms with E-state index < -0.39 is 52.6 Å². The molecule has 316 valence electrons. The Hall–Kier alpha value is -5.56. The van der Waals surface area contributed by atoms with Gasteiger partial charge in [-0.25, -0.2) is 4.98 Å². The summed E-state index contributed by atoms with van der Waals surface area (Å²) in [6.07, 6.45) is 3.71. The molecule has 16 heteroatoms. The molecular weight excluding hydrogens is 790 g/mol. The molecule has 4 heterocycles. The van der Waals surface area contributed by atoms with Gasteiger partial charge >= 0.3 is 0 Å². The highest BCUT2D eigenvalue weighted by atomic mass is 35.5. The smallest absolute Gasteiger partial charge is 0.267 e. The topological polar surface area (TPSA) is 200 Å². The van der Waals surface area contributed by atoms with Crippen molar-refractivity contribution in [2.45, 2.75) is 84.0 Å². The summed E-state index contributed by atoms with van der Waals surface area (Å²) >= 11 is 6.26. The molecule has 2 saturated heterocycles. The maximum absolute atomic E-state index is 14.3. The van der Waals surface area contributed by atoms with E-state index in [9.17, 15) is 34.3 Å². The number of aliphatic hydroxyl groups excluding tert-OH is 1. The molecular formula is C44H50ClN7O8. The number of imide groups is 2. The van der Waals surface area contributed by atoms with E-state index in [1.165, 1.54) is 4.90 Å². The van der Waals surface area contributed by atoms with Crippen LogP contribution in [0.15, 0.2) is 54.7 Å². The number of primary amides is 1. The van der Waals surface area contributed by atoms with Gasteiger partial charge in [0.15, 0.2) is 0 Å². The highest BCUT2D eigenvalue weighted by molar-refractivity contribution is 6.31. The first-order valence-electron chi connectivity index (χ1n) is 20.3. The predicted octanol–water partition coefficient (Wildman–Crippen LogP) is 4.43. The summed E-state index contributed by atoms with van der Waals surface area (Å²) < 4.78 is 12.4. The Bertz CT molecular complexity index is 2230. The van der Waals surface area contributed by atoms with Crippen LogP contribution in [0.25, 0.3) is 0 Å². The van der Waals surface area contributed by atoms with Crippen molar-refractivity contribution in [3.8, 4) is 17.6 Å². The molecule has 3 N–H and O–H groups in total. The molecule has 7 rings (SSSR count). The van der Waals surface area contributed by atoms with Crippen LogP contribution in [-0.4, -0.2) is 118 Å². The maximum atomic E-state index is 14.3. The van der Waals surface area contributed by atoms with Crippen LogP contribution in [0, 0.1) is 22.2 Å². The van der Waals surface area contributed by atoms with Gasteiger partial charge in [0, 0.05) is 43.0 Å². The number of nitrogens with two attached hydrogens (primary N) is 1. The van der Waals surface area contributed by atoms with Gasteiger partial charge in [0.05, 0.1) is 58.9 Å². The Morgan fingerprint density at radius 1 is 0.950 bits per heavy atom. The lowest BCUT2D eigenvalue weighted by molar-refractivity contribution is -0.216. The third kappa shape index (κ3) is 7.79. The first kappa shape index (κ1) is 42.6. The van der Waals surface area contributed by atoms with Gasteiger partial charge in [0.2, 0.25) is 5.91 Å². The van der Waals surface area contributed by atoms with Crippen LogP contribution in [0.4, 0.5) is 5.69 Å². The monoisotopic (exact) mass is 839 g/mol. The number of nitriles is 1. The molecule has 0 radical (unpaired) electrons. The number of unbranched alkanes of at least 4 members (excludes halogenated alkanes) is 2. The molecule has 2 aromatic carbocycles. The molecule has 3 aliphatic heterocycles. The number of piperazine rings is 1. The summed E-state index contributed by atoms with van der Waals surface area (Å²) in [7, 11) is 0. The highest BCUT2D eigenvalue weighted by Gasteiger charge is 2.68. The minimum atomic E-state index is -1.15. The van der Waals surface area contributed by atoms with Gasteiger partial charge in [-0.05, 0) is 74.7 Å². The van der Waals surface area contributed by atoms with Gasteiger partial charge in [-0.3, -0.25) is 38.7 Å². The zero-order valence-corrected chi connectivity index (χ0v) is 35.0. The number of aliphatic hydroxyl groups is 1. The van der Waals surface area contributed by atoms with Gasteiger partial charge in [-0.15, -0.1) is 0 Å². The first-order chi connectivity index (χ1) is 28.6. The minimum Gasteiger partial charge on any atom is -0.494 e.